The molecule has 142 valence electrons. The van der Waals surface area contributed by atoms with E-state index in [1.54, 1.807) is 7.05 Å². The van der Waals surface area contributed by atoms with Crippen molar-refractivity contribution in [1.29, 1.82) is 0 Å². The standard InChI is InChI=1S/C19H26N8/c1-4-26(5-2)16-10-9-15(12-21-16)13-22-19(20-3)23-14-18-25-24-17-8-6-7-11-27(17)18/h6-12H,4-5,13-14H2,1-3H3,(H2,20,22,23). The molecular formula is C19H26N8. The molecule has 0 aromatic carbocycles. The lowest BCUT2D eigenvalue weighted by atomic mass is 10.2. The number of nitrogens with one attached hydrogen (secondary N) is 2. The van der Waals surface area contributed by atoms with Crippen LogP contribution in [0.1, 0.15) is 25.2 Å². The molecule has 8 nitrogen and oxygen atoms in total. The molecule has 0 unspecified atom stereocenters. The van der Waals surface area contributed by atoms with Gasteiger partial charge in [0.05, 0.1) is 6.54 Å². The van der Waals surface area contributed by atoms with Gasteiger partial charge in [0, 0.05) is 39.1 Å². The topological polar surface area (TPSA) is 82.7 Å². The molecule has 0 saturated carbocycles. The first-order chi connectivity index (χ1) is 13.2. The highest BCUT2D eigenvalue weighted by Crippen LogP contribution is 2.10. The summed E-state index contributed by atoms with van der Waals surface area (Å²) in [4.78, 5) is 11.0. The number of aliphatic imine (C=N–C) groups is 1. The van der Waals surface area contributed by atoms with Gasteiger partial charge >= 0.3 is 0 Å². The lowest BCUT2D eigenvalue weighted by Crippen LogP contribution is -2.36. The Balaban J connectivity index is 1.55. The zero-order valence-corrected chi connectivity index (χ0v) is 16.1. The lowest BCUT2D eigenvalue weighted by Gasteiger charge is -2.19. The summed E-state index contributed by atoms with van der Waals surface area (Å²) in [6.07, 6.45) is 3.85. The van der Waals surface area contributed by atoms with Gasteiger partial charge in [-0.2, -0.15) is 0 Å². The van der Waals surface area contributed by atoms with Gasteiger partial charge in [0.1, 0.15) is 5.82 Å². The largest absolute Gasteiger partial charge is 0.357 e. The maximum absolute atomic E-state index is 4.55. The number of guanidine groups is 1. The van der Waals surface area contributed by atoms with Gasteiger partial charge in [-0.05, 0) is 37.6 Å². The Morgan fingerprint density at radius 1 is 1.07 bits per heavy atom. The molecule has 3 aromatic rings. The molecule has 0 aliphatic rings. The number of hydrogen-bond donors (Lipinski definition) is 2. The highest BCUT2D eigenvalue weighted by atomic mass is 15.3. The van der Waals surface area contributed by atoms with E-state index >= 15 is 0 Å². The van der Waals surface area contributed by atoms with Crippen LogP contribution in [0, 0.1) is 0 Å². The minimum atomic E-state index is 0.532. The van der Waals surface area contributed by atoms with E-state index in [4.69, 9.17) is 0 Å². The predicted molar refractivity (Wildman–Crippen MR) is 108 cm³/mol. The number of rotatable bonds is 7. The van der Waals surface area contributed by atoms with E-state index in [2.05, 4.69) is 61.7 Å². The van der Waals surface area contributed by atoms with Gasteiger partial charge < -0.3 is 15.5 Å². The van der Waals surface area contributed by atoms with Crippen molar-refractivity contribution in [2.75, 3.05) is 25.0 Å². The van der Waals surface area contributed by atoms with Crippen LogP contribution in [0.2, 0.25) is 0 Å². The van der Waals surface area contributed by atoms with Crippen LogP contribution < -0.4 is 15.5 Å². The van der Waals surface area contributed by atoms with Crippen molar-refractivity contribution in [1.82, 2.24) is 30.2 Å². The van der Waals surface area contributed by atoms with E-state index in [9.17, 15) is 0 Å². The molecule has 0 aliphatic carbocycles. The molecule has 3 heterocycles. The molecular weight excluding hydrogens is 340 g/mol. The molecule has 3 rings (SSSR count). The molecule has 3 aromatic heterocycles. The number of aromatic nitrogens is 4. The van der Waals surface area contributed by atoms with Crippen LogP contribution in [0.3, 0.4) is 0 Å². The van der Waals surface area contributed by atoms with Gasteiger partial charge in [0.15, 0.2) is 17.4 Å². The Hall–Kier alpha value is -3.16. The van der Waals surface area contributed by atoms with Gasteiger partial charge in [-0.3, -0.25) is 9.39 Å². The van der Waals surface area contributed by atoms with Crippen LogP contribution >= 0.6 is 0 Å². The van der Waals surface area contributed by atoms with E-state index < -0.39 is 0 Å². The number of hydrogen-bond acceptors (Lipinski definition) is 5. The van der Waals surface area contributed by atoms with Crippen LogP contribution in [0.4, 0.5) is 5.82 Å². The second-order valence-corrected chi connectivity index (χ2v) is 6.02. The summed E-state index contributed by atoms with van der Waals surface area (Å²) in [6, 6.07) is 9.98. The SMILES string of the molecule is CCN(CC)c1ccc(CNC(=NC)NCc2nnc3ccccn23)cn1. The molecule has 0 bridgehead atoms. The third-order valence-corrected chi connectivity index (χ3v) is 4.38. The molecule has 0 spiro atoms. The Bertz CT molecular complexity index is 880. The third kappa shape index (κ3) is 4.52. The fraction of sp³-hybridized carbons (Fsp3) is 0.368. The minimum Gasteiger partial charge on any atom is -0.357 e. The van der Waals surface area contributed by atoms with E-state index in [0.29, 0.717) is 19.0 Å². The average Bonchev–Trinajstić information content (AvgIpc) is 3.13. The van der Waals surface area contributed by atoms with Gasteiger partial charge in [0.25, 0.3) is 0 Å². The molecule has 2 N–H and O–H groups in total. The van der Waals surface area contributed by atoms with Gasteiger partial charge in [0.2, 0.25) is 0 Å². The Kier molecular flexibility index (Phi) is 6.19. The summed E-state index contributed by atoms with van der Waals surface area (Å²) in [5, 5.41) is 14.9. The maximum atomic E-state index is 4.55. The zero-order valence-electron chi connectivity index (χ0n) is 16.1. The van der Waals surface area contributed by atoms with Gasteiger partial charge in [-0.1, -0.05) is 12.1 Å². The molecule has 0 saturated heterocycles. The molecule has 0 radical (unpaired) electrons. The van der Waals surface area contributed by atoms with Crippen molar-refractivity contribution in [3.05, 3.63) is 54.1 Å². The summed E-state index contributed by atoms with van der Waals surface area (Å²) in [5.41, 5.74) is 1.93. The highest BCUT2D eigenvalue weighted by molar-refractivity contribution is 5.79. The normalized spacial score (nSPS) is 11.6. The fourth-order valence-electron chi connectivity index (χ4n) is 2.84. The summed E-state index contributed by atoms with van der Waals surface area (Å²) in [6.45, 7) is 7.35. The Morgan fingerprint density at radius 3 is 2.59 bits per heavy atom. The average molecular weight is 366 g/mol. The van der Waals surface area contributed by atoms with E-state index in [1.807, 2.05) is 35.0 Å². The maximum Gasteiger partial charge on any atom is 0.191 e. The van der Waals surface area contributed by atoms with Crippen molar-refractivity contribution in [3.8, 4) is 0 Å². The summed E-state index contributed by atoms with van der Waals surface area (Å²) >= 11 is 0. The van der Waals surface area contributed by atoms with Gasteiger partial charge in [-0.25, -0.2) is 4.98 Å². The fourth-order valence-corrected chi connectivity index (χ4v) is 2.84. The number of nitrogens with zero attached hydrogens (tertiary/aromatic N) is 6. The number of fused-ring (bicyclic) bond motifs is 1. The first kappa shape index (κ1) is 18.6. The van der Waals surface area contributed by atoms with Crippen LogP contribution in [-0.4, -0.2) is 45.7 Å². The van der Waals surface area contributed by atoms with E-state index in [1.165, 1.54) is 0 Å². The third-order valence-electron chi connectivity index (χ3n) is 4.38. The summed E-state index contributed by atoms with van der Waals surface area (Å²) in [5.74, 6) is 2.54. The smallest absolute Gasteiger partial charge is 0.191 e. The first-order valence-corrected chi connectivity index (χ1v) is 9.18. The molecule has 0 amide bonds. The van der Waals surface area contributed by atoms with Crippen molar-refractivity contribution in [2.45, 2.75) is 26.9 Å². The van der Waals surface area contributed by atoms with Crippen molar-refractivity contribution >= 4 is 17.4 Å². The molecule has 0 fully saturated rings. The van der Waals surface area contributed by atoms with E-state index in [0.717, 1.165) is 35.9 Å². The molecule has 0 atom stereocenters. The highest BCUT2D eigenvalue weighted by Gasteiger charge is 2.06. The van der Waals surface area contributed by atoms with Crippen molar-refractivity contribution in [3.63, 3.8) is 0 Å². The van der Waals surface area contributed by atoms with E-state index in [-0.39, 0.29) is 0 Å². The Labute approximate surface area is 159 Å². The van der Waals surface area contributed by atoms with Gasteiger partial charge in [-0.15, -0.1) is 10.2 Å². The quantitative estimate of drug-likeness (QED) is 0.490. The summed E-state index contributed by atoms with van der Waals surface area (Å²) in [7, 11) is 1.75. The molecule has 8 heteroatoms. The van der Waals surface area contributed by atoms with Crippen LogP contribution in [0.15, 0.2) is 47.7 Å². The molecule has 0 aliphatic heterocycles. The summed E-state index contributed by atoms with van der Waals surface area (Å²) < 4.78 is 1.95. The first-order valence-electron chi connectivity index (χ1n) is 9.18. The number of anilines is 1. The second kappa shape index (κ2) is 8.98. The Morgan fingerprint density at radius 2 is 1.89 bits per heavy atom. The molecule has 27 heavy (non-hydrogen) atoms. The van der Waals surface area contributed by atoms with Crippen LogP contribution in [0.25, 0.3) is 5.65 Å². The van der Waals surface area contributed by atoms with Crippen molar-refractivity contribution in [2.24, 2.45) is 4.99 Å². The lowest BCUT2D eigenvalue weighted by molar-refractivity contribution is 0.761. The minimum absolute atomic E-state index is 0.532. The van der Waals surface area contributed by atoms with Crippen molar-refractivity contribution < 1.29 is 0 Å². The zero-order chi connectivity index (χ0) is 19.1. The van der Waals surface area contributed by atoms with Crippen LogP contribution in [-0.2, 0) is 13.1 Å². The van der Waals surface area contributed by atoms with Crippen LogP contribution in [0.5, 0.6) is 0 Å². The predicted octanol–water partition coefficient (Wildman–Crippen LogP) is 1.84. The number of pyridine rings is 2. The second-order valence-electron chi connectivity index (χ2n) is 6.02. The monoisotopic (exact) mass is 366 g/mol.